The number of amides is 1. The van der Waals surface area contributed by atoms with Gasteiger partial charge in [-0.15, -0.1) is 0 Å². The minimum absolute atomic E-state index is 0.108. The Labute approximate surface area is 114 Å². The normalized spacial score (nSPS) is 22.5. The van der Waals surface area contributed by atoms with Crippen LogP contribution < -0.4 is 5.32 Å². The Balaban J connectivity index is 1.72. The highest BCUT2D eigenvalue weighted by molar-refractivity contribution is 5.85. The molecule has 0 radical (unpaired) electrons. The molecule has 1 saturated heterocycles. The van der Waals surface area contributed by atoms with Crippen LogP contribution in [0.4, 0.5) is 0 Å². The fourth-order valence-electron chi connectivity index (χ4n) is 3.25. The van der Waals surface area contributed by atoms with E-state index < -0.39 is 11.4 Å². The van der Waals surface area contributed by atoms with Crippen LogP contribution in [-0.4, -0.2) is 48.1 Å². The zero-order chi connectivity index (χ0) is 13.7. The quantitative estimate of drug-likeness (QED) is 0.760. The van der Waals surface area contributed by atoms with Gasteiger partial charge >= 0.3 is 5.97 Å². The number of likely N-dealkylation sites (tertiary alicyclic amines) is 1. The zero-order valence-corrected chi connectivity index (χ0v) is 11.5. The Morgan fingerprint density at radius 1 is 1.11 bits per heavy atom. The summed E-state index contributed by atoms with van der Waals surface area (Å²) in [6.45, 7) is 3.75. The number of carbonyl (C=O) groups excluding carboxylic acids is 1. The lowest BCUT2D eigenvalue weighted by atomic mass is 9.82. The van der Waals surface area contributed by atoms with E-state index in [1.807, 2.05) is 0 Å². The molecule has 2 aliphatic rings. The molecular formula is C14H24N2O3. The number of carboxylic acid groups (broad SMARTS) is 1. The Hall–Kier alpha value is -1.10. The second-order valence-electron chi connectivity index (χ2n) is 5.87. The van der Waals surface area contributed by atoms with Crippen molar-refractivity contribution >= 4 is 11.9 Å². The smallest absolute Gasteiger partial charge is 0.310 e. The summed E-state index contributed by atoms with van der Waals surface area (Å²) in [4.78, 5) is 25.6. The van der Waals surface area contributed by atoms with E-state index in [2.05, 4.69) is 10.2 Å². The van der Waals surface area contributed by atoms with Gasteiger partial charge in [-0.1, -0.05) is 12.8 Å². The molecule has 5 heteroatoms. The Morgan fingerprint density at radius 3 is 2.32 bits per heavy atom. The summed E-state index contributed by atoms with van der Waals surface area (Å²) in [5, 5.41) is 12.2. The van der Waals surface area contributed by atoms with Gasteiger partial charge in [0.15, 0.2) is 0 Å². The first kappa shape index (κ1) is 14.3. The van der Waals surface area contributed by atoms with E-state index in [0.717, 1.165) is 32.5 Å². The van der Waals surface area contributed by atoms with Crippen LogP contribution >= 0.6 is 0 Å². The third-order valence-electron chi connectivity index (χ3n) is 4.46. The van der Waals surface area contributed by atoms with Gasteiger partial charge < -0.3 is 15.3 Å². The highest BCUT2D eigenvalue weighted by Crippen LogP contribution is 2.41. The van der Waals surface area contributed by atoms with E-state index in [4.69, 9.17) is 0 Å². The standard InChI is InChI=1S/C14H24N2O3/c17-12(15-7-10-16-8-3-4-9-16)11-14(13(18)19)5-1-2-6-14/h1-11H2,(H,15,17)(H,18,19). The van der Waals surface area contributed by atoms with Gasteiger partial charge in [0.1, 0.15) is 0 Å². The molecule has 108 valence electrons. The predicted molar refractivity (Wildman–Crippen MR) is 71.8 cm³/mol. The van der Waals surface area contributed by atoms with E-state index in [1.165, 1.54) is 12.8 Å². The topological polar surface area (TPSA) is 69.6 Å². The van der Waals surface area contributed by atoms with Crippen LogP contribution in [0.25, 0.3) is 0 Å². The van der Waals surface area contributed by atoms with Crippen molar-refractivity contribution in [2.24, 2.45) is 5.41 Å². The number of nitrogens with one attached hydrogen (secondary N) is 1. The predicted octanol–water partition coefficient (Wildman–Crippen LogP) is 1.23. The van der Waals surface area contributed by atoms with Crippen molar-refractivity contribution in [2.75, 3.05) is 26.2 Å². The van der Waals surface area contributed by atoms with Crippen LogP contribution in [0.5, 0.6) is 0 Å². The first-order valence-electron chi connectivity index (χ1n) is 7.35. The first-order valence-corrected chi connectivity index (χ1v) is 7.35. The molecule has 0 bridgehead atoms. The summed E-state index contributed by atoms with van der Waals surface area (Å²) in [7, 11) is 0. The number of aliphatic carboxylic acids is 1. The van der Waals surface area contributed by atoms with Crippen molar-refractivity contribution in [1.29, 1.82) is 0 Å². The summed E-state index contributed by atoms with van der Waals surface area (Å²) in [5.74, 6) is -0.914. The lowest BCUT2D eigenvalue weighted by Crippen LogP contribution is -2.38. The second-order valence-corrected chi connectivity index (χ2v) is 5.87. The number of hydrogen-bond acceptors (Lipinski definition) is 3. The average molecular weight is 268 g/mol. The van der Waals surface area contributed by atoms with Gasteiger partial charge in [-0.2, -0.15) is 0 Å². The molecule has 1 amide bonds. The Bertz CT molecular complexity index is 332. The third-order valence-corrected chi connectivity index (χ3v) is 4.46. The van der Waals surface area contributed by atoms with Crippen LogP contribution in [0, 0.1) is 5.41 Å². The molecule has 19 heavy (non-hydrogen) atoms. The number of nitrogens with zero attached hydrogens (tertiary/aromatic N) is 1. The highest BCUT2D eigenvalue weighted by atomic mass is 16.4. The van der Waals surface area contributed by atoms with Crippen molar-refractivity contribution in [2.45, 2.75) is 44.9 Å². The molecule has 0 aromatic rings. The molecule has 2 fully saturated rings. The van der Waals surface area contributed by atoms with Crippen molar-refractivity contribution in [3.8, 4) is 0 Å². The van der Waals surface area contributed by atoms with E-state index in [-0.39, 0.29) is 12.3 Å². The van der Waals surface area contributed by atoms with Crippen LogP contribution in [0.1, 0.15) is 44.9 Å². The lowest BCUT2D eigenvalue weighted by Gasteiger charge is -2.23. The van der Waals surface area contributed by atoms with Gasteiger partial charge in [-0.05, 0) is 38.8 Å². The van der Waals surface area contributed by atoms with E-state index in [9.17, 15) is 14.7 Å². The molecule has 0 aromatic heterocycles. The minimum atomic E-state index is -0.806. The molecule has 1 aliphatic carbocycles. The largest absolute Gasteiger partial charge is 0.481 e. The average Bonchev–Trinajstić information content (AvgIpc) is 3.00. The van der Waals surface area contributed by atoms with E-state index in [1.54, 1.807) is 0 Å². The first-order chi connectivity index (χ1) is 9.12. The summed E-state index contributed by atoms with van der Waals surface area (Å²) in [6.07, 6.45) is 5.76. The van der Waals surface area contributed by atoms with Crippen molar-refractivity contribution < 1.29 is 14.7 Å². The molecule has 1 heterocycles. The number of carbonyl (C=O) groups is 2. The maximum atomic E-state index is 11.9. The molecule has 2 N–H and O–H groups in total. The van der Waals surface area contributed by atoms with Gasteiger partial charge in [0.25, 0.3) is 0 Å². The SMILES string of the molecule is O=C(CC1(C(=O)O)CCCC1)NCCN1CCCC1. The summed E-state index contributed by atoms with van der Waals surface area (Å²) < 4.78 is 0. The van der Waals surface area contributed by atoms with Gasteiger partial charge in [0, 0.05) is 19.5 Å². The molecular weight excluding hydrogens is 244 g/mol. The summed E-state index contributed by atoms with van der Waals surface area (Å²) in [6, 6.07) is 0. The second kappa shape index (κ2) is 6.37. The van der Waals surface area contributed by atoms with Crippen molar-refractivity contribution in [3.05, 3.63) is 0 Å². The van der Waals surface area contributed by atoms with Crippen LogP contribution in [0.3, 0.4) is 0 Å². The molecule has 1 aliphatic heterocycles. The third kappa shape index (κ3) is 3.69. The fourth-order valence-corrected chi connectivity index (χ4v) is 3.25. The van der Waals surface area contributed by atoms with Crippen LogP contribution in [0.2, 0.25) is 0 Å². The van der Waals surface area contributed by atoms with E-state index in [0.29, 0.717) is 19.4 Å². The number of carboxylic acids is 1. The molecule has 1 saturated carbocycles. The number of rotatable bonds is 6. The zero-order valence-electron chi connectivity index (χ0n) is 11.5. The minimum Gasteiger partial charge on any atom is -0.481 e. The highest BCUT2D eigenvalue weighted by Gasteiger charge is 2.42. The Morgan fingerprint density at radius 2 is 1.74 bits per heavy atom. The van der Waals surface area contributed by atoms with Gasteiger partial charge in [-0.25, -0.2) is 0 Å². The Kier molecular flexibility index (Phi) is 4.80. The van der Waals surface area contributed by atoms with Gasteiger partial charge in [0.2, 0.25) is 5.91 Å². The molecule has 0 unspecified atom stereocenters. The van der Waals surface area contributed by atoms with Gasteiger partial charge in [-0.3, -0.25) is 9.59 Å². The maximum Gasteiger partial charge on any atom is 0.310 e. The molecule has 0 spiro atoms. The van der Waals surface area contributed by atoms with Crippen molar-refractivity contribution in [3.63, 3.8) is 0 Å². The maximum absolute atomic E-state index is 11.9. The number of hydrogen-bond donors (Lipinski definition) is 2. The molecule has 0 atom stereocenters. The van der Waals surface area contributed by atoms with Crippen LogP contribution in [0.15, 0.2) is 0 Å². The molecule has 5 nitrogen and oxygen atoms in total. The van der Waals surface area contributed by atoms with Gasteiger partial charge in [0.05, 0.1) is 5.41 Å². The van der Waals surface area contributed by atoms with Crippen LogP contribution in [-0.2, 0) is 9.59 Å². The fraction of sp³-hybridized carbons (Fsp3) is 0.857. The molecule has 2 rings (SSSR count). The lowest BCUT2D eigenvalue weighted by molar-refractivity contribution is -0.151. The molecule has 0 aromatic carbocycles. The summed E-state index contributed by atoms with van der Waals surface area (Å²) >= 11 is 0. The monoisotopic (exact) mass is 268 g/mol. The van der Waals surface area contributed by atoms with E-state index >= 15 is 0 Å². The summed E-state index contributed by atoms with van der Waals surface area (Å²) in [5.41, 5.74) is -0.794. The van der Waals surface area contributed by atoms with Crippen molar-refractivity contribution in [1.82, 2.24) is 10.2 Å².